The highest BCUT2D eigenvalue weighted by molar-refractivity contribution is 7.13. The Morgan fingerprint density at radius 2 is 2.17 bits per heavy atom. The number of urea groups is 1. The standard InChI is InChI=1S/C21H26N6O2S/c28-20(23-15-5-2-8-22-10-15)26-18-12-30-19(25-18)14-6-7-17-16(9-14)24-21(29)27(17)11-13-3-1-4-13/h6-7,9,12-13,15,22H,1-5,8,10-11H2,(H,24,29)(H2,23,26,28)/t15-/m0/s1. The van der Waals surface area contributed by atoms with Crippen molar-refractivity contribution in [2.75, 3.05) is 18.4 Å². The van der Waals surface area contributed by atoms with E-state index in [1.807, 2.05) is 28.1 Å². The van der Waals surface area contributed by atoms with Crippen LogP contribution < -0.4 is 21.6 Å². The van der Waals surface area contributed by atoms with Crippen molar-refractivity contribution in [1.82, 2.24) is 25.2 Å². The first kappa shape index (κ1) is 19.3. The Balaban J connectivity index is 1.29. The van der Waals surface area contributed by atoms with Gasteiger partial charge in [0.2, 0.25) is 0 Å². The zero-order chi connectivity index (χ0) is 20.5. The van der Waals surface area contributed by atoms with Crippen LogP contribution in [0.15, 0.2) is 28.4 Å². The number of anilines is 1. The summed E-state index contributed by atoms with van der Waals surface area (Å²) in [5, 5.41) is 11.7. The van der Waals surface area contributed by atoms with Gasteiger partial charge in [0.25, 0.3) is 0 Å². The van der Waals surface area contributed by atoms with E-state index in [1.165, 1.54) is 30.6 Å². The molecule has 0 bridgehead atoms. The second-order valence-electron chi connectivity index (χ2n) is 8.25. The number of amides is 2. The molecular formula is C21H26N6O2S. The van der Waals surface area contributed by atoms with E-state index in [-0.39, 0.29) is 17.8 Å². The third kappa shape index (κ3) is 3.99. The molecule has 3 aromatic rings. The van der Waals surface area contributed by atoms with Gasteiger partial charge in [0.1, 0.15) is 10.8 Å². The molecular weight excluding hydrogens is 400 g/mol. The predicted octanol–water partition coefficient (Wildman–Crippen LogP) is 3.13. The summed E-state index contributed by atoms with van der Waals surface area (Å²) in [6, 6.07) is 5.86. The van der Waals surface area contributed by atoms with Crippen LogP contribution in [0, 0.1) is 5.92 Å². The van der Waals surface area contributed by atoms with Gasteiger partial charge in [-0.2, -0.15) is 0 Å². The smallest absolute Gasteiger partial charge is 0.326 e. The van der Waals surface area contributed by atoms with Crippen molar-refractivity contribution >= 4 is 34.2 Å². The molecule has 8 nitrogen and oxygen atoms in total. The molecule has 2 amide bonds. The van der Waals surface area contributed by atoms with Crippen molar-refractivity contribution in [2.24, 2.45) is 5.92 Å². The molecule has 0 spiro atoms. The Bertz CT molecular complexity index is 1110. The van der Waals surface area contributed by atoms with Crippen LogP contribution in [0.1, 0.15) is 32.1 Å². The van der Waals surface area contributed by atoms with Crippen molar-refractivity contribution in [1.29, 1.82) is 0 Å². The van der Waals surface area contributed by atoms with Gasteiger partial charge in [0.15, 0.2) is 0 Å². The number of H-pyrrole nitrogens is 1. The molecule has 5 rings (SSSR count). The van der Waals surface area contributed by atoms with Crippen molar-refractivity contribution in [3.8, 4) is 10.6 Å². The number of thiazole rings is 1. The summed E-state index contributed by atoms with van der Waals surface area (Å²) >= 11 is 1.47. The molecule has 2 fully saturated rings. The van der Waals surface area contributed by atoms with Crippen LogP contribution in [0.25, 0.3) is 21.6 Å². The molecule has 4 N–H and O–H groups in total. The van der Waals surface area contributed by atoms with Crippen LogP contribution in [0.2, 0.25) is 0 Å². The average molecular weight is 427 g/mol. The van der Waals surface area contributed by atoms with E-state index >= 15 is 0 Å². The Labute approximate surface area is 178 Å². The number of aromatic nitrogens is 3. The van der Waals surface area contributed by atoms with E-state index in [0.29, 0.717) is 11.7 Å². The van der Waals surface area contributed by atoms with Crippen molar-refractivity contribution in [3.05, 3.63) is 34.1 Å². The van der Waals surface area contributed by atoms with Gasteiger partial charge in [0, 0.05) is 30.1 Å². The van der Waals surface area contributed by atoms with Gasteiger partial charge in [-0.15, -0.1) is 11.3 Å². The Kier molecular flexibility index (Phi) is 5.30. The van der Waals surface area contributed by atoms with Crippen LogP contribution in [0.3, 0.4) is 0 Å². The maximum absolute atomic E-state index is 12.4. The fourth-order valence-corrected chi connectivity index (χ4v) is 4.94. The second kappa shape index (κ2) is 8.23. The number of hydrogen-bond acceptors (Lipinski definition) is 5. The number of piperidine rings is 1. The fraction of sp³-hybridized carbons (Fsp3) is 0.476. The highest BCUT2D eigenvalue weighted by Crippen LogP contribution is 2.30. The van der Waals surface area contributed by atoms with Gasteiger partial charge >= 0.3 is 11.7 Å². The fourth-order valence-electron chi connectivity index (χ4n) is 4.19. The molecule has 1 aromatic carbocycles. The molecule has 158 valence electrons. The third-order valence-corrected chi connectivity index (χ3v) is 6.96. The molecule has 2 aliphatic rings. The van der Waals surface area contributed by atoms with Crippen molar-refractivity contribution < 1.29 is 4.79 Å². The van der Waals surface area contributed by atoms with Crippen molar-refractivity contribution in [3.63, 3.8) is 0 Å². The van der Waals surface area contributed by atoms with Crippen molar-refractivity contribution in [2.45, 2.75) is 44.7 Å². The van der Waals surface area contributed by atoms with Crippen LogP contribution in [0.5, 0.6) is 0 Å². The number of imidazole rings is 1. The molecule has 0 radical (unpaired) electrons. The molecule has 1 aliphatic heterocycles. The van der Waals surface area contributed by atoms with Crippen LogP contribution in [0.4, 0.5) is 10.6 Å². The van der Waals surface area contributed by atoms with Gasteiger partial charge in [-0.3, -0.25) is 9.88 Å². The first-order chi connectivity index (χ1) is 14.7. The molecule has 2 aromatic heterocycles. The number of nitrogens with one attached hydrogen (secondary N) is 4. The van der Waals surface area contributed by atoms with E-state index in [2.05, 4.69) is 25.9 Å². The van der Waals surface area contributed by atoms with Gasteiger partial charge in [-0.25, -0.2) is 14.6 Å². The van der Waals surface area contributed by atoms with Crippen LogP contribution in [-0.4, -0.2) is 39.7 Å². The summed E-state index contributed by atoms with van der Waals surface area (Å²) in [6.45, 7) is 2.60. The highest BCUT2D eigenvalue weighted by atomic mass is 32.1. The maximum atomic E-state index is 12.4. The monoisotopic (exact) mass is 426 g/mol. The molecule has 9 heteroatoms. The molecule has 3 heterocycles. The Morgan fingerprint density at radius 1 is 1.27 bits per heavy atom. The number of rotatable bonds is 5. The number of hydrogen-bond donors (Lipinski definition) is 4. The van der Waals surface area contributed by atoms with Gasteiger partial charge in [-0.05, 0) is 56.3 Å². The molecule has 1 saturated carbocycles. The number of carbonyl (C=O) groups excluding carboxylic acids is 1. The number of benzene rings is 1. The van der Waals surface area contributed by atoms with E-state index < -0.39 is 0 Å². The maximum Gasteiger partial charge on any atom is 0.326 e. The van der Waals surface area contributed by atoms with Gasteiger partial charge < -0.3 is 15.6 Å². The van der Waals surface area contributed by atoms with Gasteiger partial charge in [0.05, 0.1) is 11.0 Å². The SMILES string of the molecule is O=C(Nc1csc(-c2ccc3c(c2)[nH]c(=O)n3CC2CCC2)n1)N[C@H]1CCCNC1. The quantitative estimate of drug-likeness (QED) is 0.503. The minimum atomic E-state index is -0.228. The van der Waals surface area contributed by atoms with E-state index in [0.717, 1.165) is 54.1 Å². The lowest BCUT2D eigenvalue weighted by molar-refractivity contribution is 0.245. The van der Waals surface area contributed by atoms with E-state index in [9.17, 15) is 9.59 Å². The summed E-state index contributed by atoms with van der Waals surface area (Å²) in [5.41, 5.74) is 2.63. The largest absolute Gasteiger partial charge is 0.334 e. The molecule has 1 aliphatic carbocycles. The third-order valence-electron chi connectivity index (χ3n) is 6.06. The summed E-state index contributed by atoms with van der Waals surface area (Å²) in [6.07, 6.45) is 5.73. The van der Waals surface area contributed by atoms with Crippen LogP contribution in [-0.2, 0) is 6.54 Å². The lowest BCUT2D eigenvalue weighted by Crippen LogP contribution is -2.47. The summed E-state index contributed by atoms with van der Waals surface area (Å²) in [5.74, 6) is 1.15. The van der Waals surface area contributed by atoms with E-state index in [4.69, 9.17) is 0 Å². The second-order valence-corrected chi connectivity index (χ2v) is 9.11. The minimum Gasteiger partial charge on any atom is -0.334 e. The number of carbonyl (C=O) groups is 1. The predicted molar refractivity (Wildman–Crippen MR) is 119 cm³/mol. The lowest BCUT2D eigenvalue weighted by Gasteiger charge is -2.25. The topological polar surface area (TPSA) is 104 Å². The summed E-state index contributed by atoms with van der Waals surface area (Å²) in [4.78, 5) is 32.1. The normalized spacial score (nSPS) is 19.5. The number of nitrogens with zero attached hydrogens (tertiary/aromatic N) is 2. The number of aromatic amines is 1. The highest BCUT2D eigenvalue weighted by Gasteiger charge is 2.20. The van der Waals surface area contributed by atoms with Gasteiger partial charge in [-0.1, -0.05) is 6.42 Å². The first-order valence-electron chi connectivity index (χ1n) is 10.6. The summed E-state index contributed by atoms with van der Waals surface area (Å²) < 4.78 is 1.85. The average Bonchev–Trinajstić information content (AvgIpc) is 3.28. The first-order valence-corrected chi connectivity index (χ1v) is 11.5. The molecule has 0 unspecified atom stereocenters. The lowest BCUT2D eigenvalue weighted by atomic mass is 9.85. The van der Waals surface area contributed by atoms with Crippen LogP contribution >= 0.6 is 11.3 Å². The zero-order valence-electron chi connectivity index (χ0n) is 16.7. The van der Waals surface area contributed by atoms with E-state index in [1.54, 1.807) is 0 Å². The summed E-state index contributed by atoms with van der Waals surface area (Å²) in [7, 11) is 0. The molecule has 1 atom stereocenters. The molecule has 1 saturated heterocycles. The minimum absolute atomic E-state index is 0.0515. The zero-order valence-corrected chi connectivity index (χ0v) is 17.6. The Hall–Kier alpha value is -2.65. The molecule has 30 heavy (non-hydrogen) atoms. The number of fused-ring (bicyclic) bond motifs is 1. The Morgan fingerprint density at radius 3 is 2.93 bits per heavy atom.